The molecule has 1 atom stereocenters. The number of tetrazole rings is 1. The third-order valence-corrected chi connectivity index (χ3v) is 6.73. The normalized spacial score (nSPS) is 14.4. The van der Waals surface area contributed by atoms with Gasteiger partial charge in [0.05, 0.1) is 12.2 Å². The summed E-state index contributed by atoms with van der Waals surface area (Å²) in [6.45, 7) is 8.53. The molecule has 3 aromatic carbocycles. The number of allylic oxidation sites excluding steroid dienone is 1. The van der Waals surface area contributed by atoms with Crippen molar-refractivity contribution >= 4 is 29.1 Å². The number of fused-ring (bicyclic) bond motifs is 1. The van der Waals surface area contributed by atoms with Crippen molar-refractivity contribution in [3.05, 3.63) is 99.2 Å². The Hall–Kier alpha value is -4.37. The van der Waals surface area contributed by atoms with Crippen LogP contribution in [0.2, 0.25) is 5.02 Å². The summed E-state index contributed by atoms with van der Waals surface area (Å²) in [6.07, 6.45) is 0. The van der Waals surface area contributed by atoms with Crippen molar-refractivity contribution in [2.75, 3.05) is 17.2 Å². The van der Waals surface area contributed by atoms with E-state index in [1.165, 1.54) is 0 Å². The number of amides is 1. The first-order valence-corrected chi connectivity index (χ1v) is 13.0. The summed E-state index contributed by atoms with van der Waals surface area (Å²) in [5.74, 6) is 1.34. The van der Waals surface area contributed by atoms with Gasteiger partial charge in [0.1, 0.15) is 12.6 Å². The average Bonchev–Trinajstić information content (AvgIpc) is 3.38. The predicted molar refractivity (Wildman–Crippen MR) is 150 cm³/mol. The van der Waals surface area contributed by atoms with Crippen LogP contribution in [0.15, 0.2) is 71.9 Å². The Kier molecular flexibility index (Phi) is 7.51. The largest absolute Gasteiger partial charge is 0.490 e. The Morgan fingerprint density at radius 3 is 2.56 bits per heavy atom. The van der Waals surface area contributed by atoms with E-state index in [4.69, 9.17) is 21.1 Å². The van der Waals surface area contributed by atoms with Gasteiger partial charge in [-0.25, -0.2) is 0 Å². The van der Waals surface area contributed by atoms with E-state index in [-0.39, 0.29) is 5.91 Å². The van der Waals surface area contributed by atoms with Gasteiger partial charge in [0, 0.05) is 16.4 Å². The SMILES string of the molecule is CCOc1cc(C2C(C(=O)Nc3ccc(C)cc3C)=C(C)Nc3nnnn32)ccc1OCc1ccc(Cl)cc1. The summed E-state index contributed by atoms with van der Waals surface area (Å²) in [4.78, 5) is 13.7. The predicted octanol–water partition coefficient (Wildman–Crippen LogP) is 5.85. The van der Waals surface area contributed by atoms with Crippen LogP contribution < -0.4 is 20.1 Å². The quantitative estimate of drug-likeness (QED) is 0.287. The first kappa shape index (κ1) is 26.2. The number of anilines is 2. The van der Waals surface area contributed by atoms with Gasteiger partial charge in [-0.15, -0.1) is 0 Å². The number of ether oxygens (including phenoxy) is 2. The van der Waals surface area contributed by atoms with Crippen molar-refractivity contribution in [2.24, 2.45) is 0 Å². The molecule has 9 nitrogen and oxygen atoms in total. The maximum absolute atomic E-state index is 13.7. The number of aryl methyl sites for hydroxylation is 2. The fourth-order valence-electron chi connectivity index (χ4n) is 4.58. The van der Waals surface area contributed by atoms with Gasteiger partial charge >= 0.3 is 0 Å². The third-order valence-electron chi connectivity index (χ3n) is 6.48. The maximum Gasteiger partial charge on any atom is 0.255 e. The number of hydrogen-bond acceptors (Lipinski definition) is 7. The van der Waals surface area contributed by atoms with E-state index in [0.717, 1.165) is 27.9 Å². The van der Waals surface area contributed by atoms with E-state index >= 15 is 0 Å². The zero-order valence-electron chi connectivity index (χ0n) is 22.2. The molecule has 10 heteroatoms. The minimum atomic E-state index is -0.591. The molecule has 0 saturated carbocycles. The number of rotatable bonds is 8. The van der Waals surface area contributed by atoms with Crippen LogP contribution in [0.3, 0.4) is 0 Å². The van der Waals surface area contributed by atoms with Gasteiger partial charge < -0.3 is 20.1 Å². The highest BCUT2D eigenvalue weighted by atomic mass is 35.5. The van der Waals surface area contributed by atoms with Crippen LogP contribution in [0.4, 0.5) is 11.6 Å². The molecular weight excluding hydrogens is 516 g/mol. The minimum Gasteiger partial charge on any atom is -0.490 e. The van der Waals surface area contributed by atoms with Gasteiger partial charge in [-0.05, 0) is 85.1 Å². The molecule has 0 fully saturated rings. The lowest BCUT2D eigenvalue weighted by Crippen LogP contribution is -2.31. The van der Waals surface area contributed by atoms with Gasteiger partial charge in [0.15, 0.2) is 11.5 Å². The van der Waals surface area contributed by atoms with Crippen LogP contribution in [0.1, 0.15) is 42.1 Å². The molecule has 4 aromatic rings. The number of halogens is 1. The van der Waals surface area contributed by atoms with Crippen molar-refractivity contribution in [3.63, 3.8) is 0 Å². The maximum atomic E-state index is 13.7. The van der Waals surface area contributed by atoms with E-state index < -0.39 is 6.04 Å². The number of hydrogen-bond donors (Lipinski definition) is 2. The number of carbonyl (C=O) groups excluding carboxylic acids is 1. The Morgan fingerprint density at radius 1 is 1.03 bits per heavy atom. The highest BCUT2D eigenvalue weighted by Crippen LogP contribution is 2.39. The first-order chi connectivity index (χ1) is 18.8. The monoisotopic (exact) mass is 544 g/mol. The molecule has 5 rings (SSSR count). The van der Waals surface area contributed by atoms with Crippen LogP contribution in [0.5, 0.6) is 11.5 Å². The summed E-state index contributed by atoms with van der Waals surface area (Å²) in [6, 6.07) is 18.4. The lowest BCUT2D eigenvalue weighted by Gasteiger charge is -2.28. The number of nitrogens with one attached hydrogen (secondary N) is 2. The zero-order valence-corrected chi connectivity index (χ0v) is 22.9. The minimum absolute atomic E-state index is 0.251. The van der Waals surface area contributed by atoms with Gasteiger partial charge in [-0.3, -0.25) is 4.79 Å². The van der Waals surface area contributed by atoms with Gasteiger partial charge in [-0.1, -0.05) is 52.6 Å². The second kappa shape index (κ2) is 11.2. The zero-order chi connectivity index (χ0) is 27.5. The van der Waals surface area contributed by atoms with Crippen molar-refractivity contribution in [2.45, 2.75) is 40.3 Å². The smallest absolute Gasteiger partial charge is 0.255 e. The highest BCUT2D eigenvalue weighted by molar-refractivity contribution is 6.30. The molecule has 200 valence electrons. The molecule has 1 amide bonds. The van der Waals surface area contributed by atoms with Gasteiger partial charge in [-0.2, -0.15) is 4.68 Å². The van der Waals surface area contributed by atoms with Crippen LogP contribution >= 0.6 is 11.6 Å². The summed E-state index contributed by atoms with van der Waals surface area (Å²) in [7, 11) is 0. The van der Waals surface area contributed by atoms with Gasteiger partial charge in [0.2, 0.25) is 5.95 Å². The fraction of sp³-hybridized carbons (Fsp3) is 0.241. The summed E-state index contributed by atoms with van der Waals surface area (Å²) < 4.78 is 13.6. The molecule has 0 spiro atoms. The Labute approximate surface area is 231 Å². The van der Waals surface area contributed by atoms with Crippen LogP contribution in [0, 0.1) is 13.8 Å². The van der Waals surface area contributed by atoms with Crippen LogP contribution in [-0.2, 0) is 11.4 Å². The van der Waals surface area contributed by atoms with Crippen LogP contribution in [-0.4, -0.2) is 32.7 Å². The number of nitrogens with zero attached hydrogens (tertiary/aromatic N) is 4. The average molecular weight is 545 g/mol. The van der Waals surface area contributed by atoms with Crippen LogP contribution in [0.25, 0.3) is 0 Å². The number of carbonyl (C=O) groups is 1. The van der Waals surface area contributed by atoms with E-state index in [9.17, 15) is 4.79 Å². The van der Waals surface area contributed by atoms with Gasteiger partial charge in [0.25, 0.3) is 5.91 Å². The van der Waals surface area contributed by atoms with E-state index in [1.807, 2.05) is 88.4 Å². The highest BCUT2D eigenvalue weighted by Gasteiger charge is 2.34. The van der Waals surface area contributed by atoms with E-state index in [2.05, 4.69) is 26.2 Å². The van der Waals surface area contributed by atoms with E-state index in [0.29, 0.717) is 47.0 Å². The summed E-state index contributed by atoms with van der Waals surface area (Å²) in [5.41, 5.74) is 5.75. The second-order valence-electron chi connectivity index (χ2n) is 9.34. The molecule has 0 aliphatic carbocycles. The Bertz CT molecular complexity index is 1550. The molecule has 1 unspecified atom stereocenters. The molecule has 2 N–H and O–H groups in total. The lowest BCUT2D eigenvalue weighted by molar-refractivity contribution is -0.113. The molecule has 1 aliphatic heterocycles. The number of aromatic nitrogens is 4. The lowest BCUT2D eigenvalue weighted by atomic mass is 9.94. The topological polar surface area (TPSA) is 103 Å². The molecular formula is C29H29ClN6O3. The number of benzene rings is 3. The molecule has 0 saturated heterocycles. The van der Waals surface area contributed by atoms with Crippen molar-refractivity contribution < 1.29 is 14.3 Å². The molecule has 39 heavy (non-hydrogen) atoms. The Balaban J connectivity index is 1.49. The fourth-order valence-corrected chi connectivity index (χ4v) is 4.71. The summed E-state index contributed by atoms with van der Waals surface area (Å²) in [5, 5.41) is 19.0. The first-order valence-electron chi connectivity index (χ1n) is 12.6. The standard InChI is InChI=1S/C29H29ClN6O3/c1-5-38-25-15-21(9-13-24(25)39-16-20-7-10-22(30)11-8-20)27-26(19(4)31-29-33-34-35-36(27)29)28(37)32-23-12-6-17(2)14-18(23)3/h6-15,27H,5,16H2,1-4H3,(H,32,37)(H,31,33,35). The van der Waals surface area contributed by atoms with Crippen molar-refractivity contribution in [1.29, 1.82) is 0 Å². The van der Waals surface area contributed by atoms with Crippen molar-refractivity contribution in [3.8, 4) is 11.5 Å². The molecule has 2 heterocycles. The molecule has 1 aromatic heterocycles. The third kappa shape index (κ3) is 5.58. The van der Waals surface area contributed by atoms with E-state index in [1.54, 1.807) is 4.68 Å². The summed E-state index contributed by atoms with van der Waals surface area (Å²) >= 11 is 6.00. The Morgan fingerprint density at radius 2 is 1.82 bits per heavy atom. The second-order valence-corrected chi connectivity index (χ2v) is 9.78. The molecule has 1 aliphatic rings. The molecule has 0 bridgehead atoms. The molecule has 0 radical (unpaired) electrons. The van der Waals surface area contributed by atoms with Crippen molar-refractivity contribution in [1.82, 2.24) is 20.2 Å².